The average Bonchev–Trinajstić information content (AvgIpc) is 2.93. The summed E-state index contributed by atoms with van der Waals surface area (Å²) in [6.07, 6.45) is 2.23. The van der Waals surface area contributed by atoms with Crippen molar-refractivity contribution in [1.82, 2.24) is 10.2 Å². The maximum Gasteiger partial charge on any atom is 0.318 e. The summed E-state index contributed by atoms with van der Waals surface area (Å²) in [5, 5.41) is 15.4. The fourth-order valence-corrected chi connectivity index (χ4v) is 3.78. The lowest BCUT2D eigenvalue weighted by Crippen LogP contribution is -2.53. The van der Waals surface area contributed by atoms with E-state index in [2.05, 4.69) is 10.6 Å². The van der Waals surface area contributed by atoms with E-state index in [0.717, 1.165) is 6.42 Å². The first-order chi connectivity index (χ1) is 12.4. The summed E-state index contributed by atoms with van der Waals surface area (Å²) < 4.78 is 13.7. The van der Waals surface area contributed by atoms with Crippen LogP contribution in [0, 0.1) is 11.7 Å². The summed E-state index contributed by atoms with van der Waals surface area (Å²) in [6, 6.07) is 3.10. The van der Waals surface area contributed by atoms with Crippen molar-refractivity contribution < 1.29 is 19.1 Å². The number of carbonyl (C=O) groups excluding carboxylic acids is 2. The SMILES string of the molecule is CC[C@H](C)[C@H]1C(=O)Nc2ccc(F)cc2CN1C(=O)N[C@H]1CC[C@H](O)C1. The molecule has 3 amide bonds. The molecule has 0 unspecified atom stereocenters. The van der Waals surface area contributed by atoms with Gasteiger partial charge in [-0.1, -0.05) is 20.3 Å². The van der Waals surface area contributed by atoms with Crippen LogP contribution < -0.4 is 10.6 Å². The van der Waals surface area contributed by atoms with E-state index in [1.165, 1.54) is 23.1 Å². The largest absolute Gasteiger partial charge is 0.393 e. The summed E-state index contributed by atoms with van der Waals surface area (Å²) in [7, 11) is 0. The fourth-order valence-electron chi connectivity index (χ4n) is 3.78. The predicted octanol–water partition coefficient (Wildman–Crippen LogP) is 2.62. The fraction of sp³-hybridized carbons (Fsp3) is 0.579. The number of hydrogen-bond acceptors (Lipinski definition) is 3. The number of benzene rings is 1. The van der Waals surface area contributed by atoms with Crippen LogP contribution in [0.4, 0.5) is 14.9 Å². The lowest BCUT2D eigenvalue weighted by atomic mass is 9.97. The second-order valence-corrected chi connectivity index (χ2v) is 7.36. The van der Waals surface area contributed by atoms with Crippen LogP contribution in [0.2, 0.25) is 0 Å². The van der Waals surface area contributed by atoms with Crippen molar-refractivity contribution >= 4 is 17.6 Å². The van der Waals surface area contributed by atoms with Crippen molar-refractivity contribution in [2.45, 2.75) is 64.3 Å². The molecule has 2 aliphatic rings. The Morgan fingerprint density at radius 1 is 1.46 bits per heavy atom. The van der Waals surface area contributed by atoms with Crippen LogP contribution in [0.25, 0.3) is 0 Å². The van der Waals surface area contributed by atoms with Crippen LogP contribution in [0.5, 0.6) is 0 Å². The number of anilines is 1. The molecular weight excluding hydrogens is 337 g/mol. The third-order valence-corrected chi connectivity index (χ3v) is 5.45. The van der Waals surface area contributed by atoms with E-state index < -0.39 is 18.0 Å². The van der Waals surface area contributed by atoms with E-state index in [1.54, 1.807) is 0 Å². The first-order valence-corrected chi connectivity index (χ1v) is 9.23. The maximum absolute atomic E-state index is 13.7. The van der Waals surface area contributed by atoms with Gasteiger partial charge in [0.1, 0.15) is 11.9 Å². The molecule has 0 bridgehead atoms. The van der Waals surface area contributed by atoms with Crippen molar-refractivity contribution in [2.24, 2.45) is 5.92 Å². The monoisotopic (exact) mass is 363 g/mol. The Labute approximate surface area is 152 Å². The molecule has 0 spiro atoms. The summed E-state index contributed by atoms with van der Waals surface area (Å²) in [6.45, 7) is 4.06. The third kappa shape index (κ3) is 3.82. The van der Waals surface area contributed by atoms with Crippen LogP contribution in [0.1, 0.15) is 45.1 Å². The predicted molar refractivity (Wildman–Crippen MR) is 96.0 cm³/mol. The molecule has 1 aliphatic carbocycles. The van der Waals surface area contributed by atoms with Gasteiger partial charge in [0.05, 0.1) is 12.6 Å². The normalized spacial score (nSPS) is 26.7. The molecule has 142 valence electrons. The van der Waals surface area contributed by atoms with Crippen molar-refractivity contribution in [2.75, 3.05) is 5.32 Å². The Hall–Kier alpha value is -2.15. The number of aliphatic hydroxyl groups is 1. The van der Waals surface area contributed by atoms with Gasteiger partial charge < -0.3 is 20.6 Å². The molecule has 0 radical (unpaired) electrons. The lowest BCUT2D eigenvalue weighted by molar-refractivity contribution is -0.121. The highest BCUT2D eigenvalue weighted by Crippen LogP contribution is 2.28. The number of nitrogens with zero attached hydrogens (tertiary/aromatic N) is 1. The summed E-state index contributed by atoms with van der Waals surface area (Å²) in [5.74, 6) is -0.709. The van der Waals surface area contributed by atoms with Gasteiger partial charge in [-0.25, -0.2) is 9.18 Å². The lowest BCUT2D eigenvalue weighted by Gasteiger charge is -2.33. The molecule has 0 aromatic heterocycles. The van der Waals surface area contributed by atoms with Gasteiger partial charge in [0, 0.05) is 11.7 Å². The van der Waals surface area contributed by atoms with Crippen LogP contribution >= 0.6 is 0 Å². The highest BCUT2D eigenvalue weighted by Gasteiger charge is 2.38. The van der Waals surface area contributed by atoms with E-state index in [0.29, 0.717) is 30.5 Å². The molecule has 3 N–H and O–H groups in total. The average molecular weight is 363 g/mol. The Balaban J connectivity index is 1.88. The molecule has 3 rings (SSSR count). The van der Waals surface area contributed by atoms with Gasteiger partial charge in [-0.05, 0) is 48.9 Å². The Bertz CT molecular complexity index is 697. The number of aliphatic hydroxyl groups excluding tert-OH is 1. The molecule has 0 saturated heterocycles. The van der Waals surface area contributed by atoms with Crippen molar-refractivity contribution in [3.63, 3.8) is 0 Å². The summed E-state index contributed by atoms with van der Waals surface area (Å²) in [4.78, 5) is 27.2. The third-order valence-electron chi connectivity index (χ3n) is 5.45. The second kappa shape index (κ2) is 7.61. The number of carbonyl (C=O) groups is 2. The Morgan fingerprint density at radius 2 is 2.23 bits per heavy atom. The number of nitrogens with one attached hydrogen (secondary N) is 2. The molecule has 1 aliphatic heterocycles. The summed E-state index contributed by atoms with van der Waals surface area (Å²) >= 11 is 0. The van der Waals surface area contributed by atoms with Crippen molar-refractivity contribution in [1.29, 1.82) is 0 Å². The van der Waals surface area contributed by atoms with E-state index in [1.807, 2.05) is 13.8 Å². The van der Waals surface area contributed by atoms with Gasteiger partial charge in [-0.2, -0.15) is 0 Å². The molecule has 1 fully saturated rings. The molecule has 6 nitrogen and oxygen atoms in total. The van der Waals surface area contributed by atoms with Gasteiger partial charge in [0.25, 0.3) is 0 Å². The number of rotatable bonds is 3. The van der Waals surface area contributed by atoms with Gasteiger partial charge in [-0.15, -0.1) is 0 Å². The zero-order chi connectivity index (χ0) is 18.8. The van der Waals surface area contributed by atoms with Gasteiger partial charge >= 0.3 is 6.03 Å². The zero-order valence-corrected chi connectivity index (χ0v) is 15.2. The minimum Gasteiger partial charge on any atom is -0.393 e. The number of hydrogen-bond donors (Lipinski definition) is 3. The second-order valence-electron chi connectivity index (χ2n) is 7.36. The van der Waals surface area contributed by atoms with Crippen LogP contribution in [-0.2, 0) is 11.3 Å². The number of halogens is 1. The molecular formula is C19H26FN3O3. The molecule has 4 atom stereocenters. The Morgan fingerprint density at radius 3 is 2.88 bits per heavy atom. The van der Waals surface area contributed by atoms with Gasteiger partial charge in [0.2, 0.25) is 5.91 Å². The van der Waals surface area contributed by atoms with E-state index in [-0.39, 0.29) is 30.4 Å². The minimum atomic E-state index is -0.637. The van der Waals surface area contributed by atoms with Gasteiger partial charge in [0.15, 0.2) is 0 Å². The van der Waals surface area contributed by atoms with Crippen LogP contribution in [0.3, 0.4) is 0 Å². The molecule has 7 heteroatoms. The topological polar surface area (TPSA) is 81.7 Å². The Kier molecular flexibility index (Phi) is 5.46. The molecule has 1 aromatic carbocycles. The standard InChI is InChI=1S/C19H26FN3O3/c1-3-11(2)17-18(25)22-16-7-4-13(20)8-12(16)10-23(17)19(26)21-14-5-6-15(24)9-14/h4,7-8,11,14-15,17,24H,3,5-6,9-10H2,1-2H3,(H,21,26)(H,22,25)/t11-,14-,15-,17-/m0/s1. The van der Waals surface area contributed by atoms with E-state index >= 15 is 0 Å². The quantitative estimate of drug-likeness (QED) is 0.772. The number of urea groups is 1. The zero-order valence-electron chi connectivity index (χ0n) is 15.2. The highest BCUT2D eigenvalue weighted by atomic mass is 19.1. The smallest absolute Gasteiger partial charge is 0.318 e. The number of amides is 3. The van der Waals surface area contributed by atoms with Crippen LogP contribution in [0.15, 0.2) is 18.2 Å². The van der Waals surface area contributed by atoms with Crippen molar-refractivity contribution in [3.05, 3.63) is 29.6 Å². The number of fused-ring (bicyclic) bond motifs is 1. The van der Waals surface area contributed by atoms with E-state index in [9.17, 15) is 19.1 Å². The molecule has 26 heavy (non-hydrogen) atoms. The highest BCUT2D eigenvalue weighted by molar-refractivity contribution is 5.98. The maximum atomic E-state index is 13.7. The van der Waals surface area contributed by atoms with Gasteiger partial charge in [-0.3, -0.25) is 4.79 Å². The minimum absolute atomic E-state index is 0.0472. The van der Waals surface area contributed by atoms with Crippen molar-refractivity contribution in [3.8, 4) is 0 Å². The summed E-state index contributed by atoms with van der Waals surface area (Å²) in [5.41, 5.74) is 1.11. The van der Waals surface area contributed by atoms with E-state index in [4.69, 9.17) is 0 Å². The first-order valence-electron chi connectivity index (χ1n) is 9.23. The van der Waals surface area contributed by atoms with Crippen LogP contribution in [-0.4, -0.2) is 40.1 Å². The molecule has 1 saturated carbocycles. The molecule has 1 heterocycles. The first kappa shape index (κ1) is 18.6. The molecule has 1 aromatic rings.